The van der Waals surface area contributed by atoms with Crippen molar-refractivity contribution in [3.05, 3.63) is 48.6 Å². The fourth-order valence-corrected chi connectivity index (χ4v) is 5.78. The second kappa shape index (κ2) is 39.6. The summed E-state index contributed by atoms with van der Waals surface area (Å²) in [7, 11) is 0. The SMILES string of the molecule is CCCCC/C=C\C/C=C\C/C=C\C=C\[C@@H](O)CCCC(=O)OC[C@H](CO)OC(=O)CCCCCCCCCCCCCCCCCCCC. The standard InChI is InChI=1S/C44H78O6/c1-3-5-7-9-11-13-15-17-18-19-20-21-23-25-27-29-31-33-37-44(48)50-42(39-45)40-49-43(47)38-34-36-41(46)35-32-30-28-26-24-22-16-14-12-10-8-6-4-2/h12,14,22,24,28,30,32,35,41-42,45-46H,3-11,13,15-21,23,25-27,29,31,33-34,36-40H2,1-2H3/b14-12-,24-22-,30-28-,35-32+/t41-,42+/m1/s1. The van der Waals surface area contributed by atoms with Crippen LogP contribution in [0.4, 0.5) is 0 Å². The number of ether oxygens (including phenoxy) is 2. The molecule has 2 N–H and O–H groups in total. The van der Waals surface area contributed by atoms with Gasteiger partial charge in [-0.3, -0.25) is 9.59 Å². The molecular formula is C44H78O6. The zero-order chi connectivity index (χ0) is 36.6. The third-order valence-corrected chi connectivity index (χ3v) is 8.98. The number of esters is 2. The summed E-state index contributed by atoms with van der Waals surface area (Å²) in [4.78, 5) is 24.3. The number of unbranched alkanes of at least 4 members (excludes halogenated alkanes) is 20. The highest BCUT2D eigenvalue weighted by Gasteiger charge is 2.16. The van der Waals surface area contributed by atoms with Gasteiger partial charge in [0.2, 0.25) is 0 Å². The minimum atomic E-state index is -0.843. The Bertz CT molecular complexity index is 861. The molecule has 0 saturated heterocycles. The van der Waals surface area contributed by atoms with E-state index in [0.29, 0.717) is 19.3 Å². The van der Waals surface area contributed by atoms with Crippen LogP contribution in [-0.2, 0) is 19.1 Å². The highest BCUT2D eigenvalue weighted by Crippen LogP contribution is 2.15. The van der Waals surface area contributed by atoms with Gasteiger partial charge in [0.25, 0.3) is 0 Å². The first-order chi connectivity index (χ1) is 24.5. The Balaban J connectivity index is 3.71. The van der Waals surface area contributed by atoms with Crippen LogP contribution in [0.15, 0.2) is 48.6 Å². The Morgan fingerprint density at radius 2 is 1.04 bits per heavy atom. The Morgan fingerprint density at radius 3 is 1.60 bits per heavy atom. The predicted octanol–water partition coefficient (Wildman–Crippen LogP) is 12.0. The normalized spacial score (nSPS) is 13.3. The number of allylic oxidation sites excluding steroid dienone is 7. The van der Waals surface area contributed by atoms with E-state index in [1.54, 1.807) is 6.08 Å². The van der Waals surface area contributed by atoms with Gasteiger partial charge in [0.15, 0.2) is 6.10 Å². The Morgan fingerprint density at radius 1 is 0.560 bits per heavy atom. The van der Waals surface area contributed by atoms with Gasteiger partial charge < -0.3 is 19.7 Å². The molecule has 0 aliphatic carbocycles. The van der Waals surface area contributed by atoms with E-state index in [1.165, 1.54) is 116 Å². The zero-order valence-corrected chi connectivity index (χ0v) is 32.5. The summed E-state index contributed by atoms with van der Waals surface area (Å²) in [6.45, 7) is 3.95. The number of carbonyl (C=O) groups is 2. The van der Waals surface area contributed by atoms with E-state index in [1.807, 2.05) is 18.2 Å². The van der Waals surface area contributed by atoms with Gasteiger partial charge in [0.1, 0.15) is 6.61 Å². The van der Waals surface area contributed by atoms with Crippen molar-refractivity contribution in [3.8, 4) is 0 Å². The third-order valence-electron chi connectivity index (χ3n) is 8.98. The fourth-order valence-electron chi connectivity index (χ4n) is 5.78. The lowest BCUT2D eigenvalue weighted by Crippen LogP contribution is -2.28. The molecular weight excluding hydrogens is 624 g/mol. The van der Waals surface area contributed by atoms with E-state index in [9.17, 15) is 19.8 Å². The Kier molecular flexibility index (Phi) is 37.9. The third kappa shape index (κ3) is 37.1. The number of hydrogen-bond donors (Lipinski definition) is 2. The monoisotopic (exact) mass is 703 g/mol. The molecule has 0 unspecified atom stereocenters. The van der Waals surface area contributed by atoms with E-state index in [4.69, 9.17) is 9.47 Å². The summed E-state index contributed by atoms with van der Waals surface area (Å²) in [5.41, 5.74) is 0. The molecule has 0 aromatic heterocycles. The second-order valence-corrected chi connectivity index (χ2v) is 13.9. The molecule has 0 rings (SSSR count). The van der Waals surface area contributed by atoms with Crippen LogP contribution in [0.25, 0.3) is 0 Å². The van der Waals surface area contributed by atoms with Crippen LogP contribution in [-0.4, -0.2) is 47.6 Å². The topological polar surface area (TPSA) is 93.1 Å². The van der Waals surface area contributed by atoms with Gasteiger partial charge >= 0.3 is 11.9 Å². The van der Waals surface area contributed by atoms with Gasteiger partial charge in [-0.1, -0.05) is 184 Å². The molecule has 0 saturated carbocycles. The summed E-state index contributed by atoms with van der Waals surface area (Å²) in [6.07, 6.45) is 46.3. The lowest BCUT2D eigenvalue weighted by Gasteiger charge is -2.16. The maximum atomic E-state index is 12.2. The zero-order valence-electron chi connectivity index (χ0n) is 32.5. The largest absolute Gasteiger partial charge is 0.462 e. The molecule has 0 heterocycles. The van der Waals surface area contributed by atoms with Crippen molar-refractivity contribution in [2.75, 3.05) is 13.2 Å². The first-order valence-corrected chi connectivity index (χ1v) is 20.8. The van der Waals surface area contributed by atoms with Crippen molar-refractivity contribution in [1.82, 2.24) is 0 Å². The van der Waals surface area contributed by atoms with Crippen molar-refractivity contribution in [2.45, 2.75) is 206 Å². The van der Waals surface area contributed by atoms with Gasteiger partial charge in [-0.2, -0.15) is 0 Å². The van der Waals surface area contributed by atoms with Gasteiger partial charge in [0, 0.05) is 12.8 Å². The highest BCUT2D eigenvalue weighted by molar-refractivity contribution is 5.70. The predicted molar refractivity (Wildman–Crippen MR) is 211 cm³/mol. The summed E-state index contributed by atoms with van der Waals surface area (Å²) < 4.78 is 10.5. The molecule has 50 heavy (non-hydrogen) atoms. The molecule has 0 aliphatic heterocycles. The minimum Gasteiger partial charge on any atom is -0.462 e. The summed E-state index contributed by atoms with van der Waals surface area (Å²) >= 11 is 0. The van der Waals surface area contributed by atoms with Crippen LogP contribution in [0, 0.1) is 0 Å². The van der Waals surface area contributed by atoms with Crippen LogP contribution >= 0.6 is 0 Å². The maximum absolute atomic E-state index is 12.2. The van der Waals surface area contributed by atoms with Crippen LogP contribution in [0.5, 0.6) is 0 Å². The quantitative estimate of drug-likeness (QED) is 0.0290. The van der Waals surface area contributed by atoms with Gasteiger partial charge in [-0.05, 0) is 44.9 Å². The van der Waals surface area contributed by atoms with Gasteiger partial charge in [-0.15, -0.1) is 0 Å². The van der Waals surface area contributed by atoms with Crippen LogP contribution in [0.3, 0.4) is 0 Å². The van der Waals surface area contributed by atoms with Crippen LogP contribution in [0.1, 0.15) is 194 Å². The first-order valence-electron chi connectivity index (χ1n) is 20.8. The van der Waals surface area contributed by atoms with Crippen molar-refractivity contribution in [3.63, 3.8) is 0 Å². The summed E-state index contributed by atoms with van der Waals surface area (Å²) in [6, 6.07) is 0. The van der Waals surface area contributed by atoms with Crippen molar-refractivity contribution < 1.29 is 29.3 Å². The first kappa shape index (κ1) is 47.8. The lowest BCUT2D eigenvalue weighted by molar-refractivity contribution is -0.161. The van der Waals surface area contributed by atoms with Crippen LogP contribution in [0.2, 0.25) is 0 Å². The molecule has 0 aliphatic rings. The van der Waals surface area contributed by atoms with E-state index < -0.39 is 18.2 Å². The molecule has 0 aromatic rings. The van der Waals surface area contributed by atoms with Gasteiger partial charge in [0.05, 0.1) is 12.7 Å². The summed E-state index contributed by atoms with van der Waals surface area (Å²) in [5, 5.41) is 19.7. The van der Waals surface area contributed by atoms with E-state index in [0.717, 1.165) is 38.5 Å². The molecule has 0 fully saturated rings. The number of carbonyl (C=O) groups excluding carboxylic acids is 2. The van der Waals surface area contributed by atoms with Crippen LogP contribution < -0.4 is 0 Å². The number of aliphatic hydroxyl groups is 2. The second-order valence-electron chi connectivity index (χ2n) is 13.9. The number of hydrogen-bond acceptors (Lipinski definition) is 6. The molecule has 0 aromatic carbocycles. The number of rotatable bonds is 37. The molecule has 0 spiro atoms. The molecule has 6 nitrogen and oxygen atoms in total. The minimum absolute atomic E-state index is 0.156. The molecule has 6 heteroatoms. The van der Waals surface area contributed by atoms with Crippen molar-refractivity contribution in [1.29, 1.82) is 0 Å². The van der Waals surface area contributed by atoms with Crippen molar-refractivity contribution >= 4 is 11.9 Å². The average molecular weight is 703 g/mol. The summed E-state index contributed by atoms with van der Waals surface area (Å²) in [5.74, 6) is -0.788. The molecule has 0 bridgehead atoms. The highest BCUT2D eigenvalue weighted by atomic mass is 16.6. The number of aliphatic hydroxyl groups excluding tert-OH is 2. The molecule has 290 valence electrons. The van der Waals surface area contributed by atoms with Gasteiger partial charge in [-0.25, -0.2) is 0 Å². The van der Waals surface area contributed by atoms with E-state index in [2.05, 4.69) is 38.2 Å². The molecule has 0 amide bonds. The smallest absolute Gasteiger partial charge is 0.306 e. The molecule has 2 atom stereocenters. The molecule has 0 radical (unpaired) electrons. The van der Waals surface area contributed by atoms with E-state index in [-0.39, 0.29) is 25.6 Å². The Hall–Kier alpha value is -2.18. The van der Waals surface area contributed by atoms with E-state index >= 15 is 0 Å². The maximum Gasteiger partial charge on any atom is 0.306 e. The van der Waals surface area contributed by atoms with Crippen molar-refractivity contribution in [2.24, 2.45) is 0 Å². The Labute approximate surface area is 308 Å². The average Bonchev–Trinajstić information content (AvgIpc) is 3.11. The fraction of sp³-hybridized carbons (Fsp3) is 0.773. The lowest BCUT2D eigenvalue weighted by atomic mass is 10.0.